The lowest BCUT2D eigenvalue weighted by Crippen LogP contribution is -2.43. The van der Waals surface area contributed by atoms with Gasteiger partial charge in [-0.25, -0.2) is 4.68 Å². The molecular formula is C26H24N4O3. The number of amides is 2. The van der Waals surface area contributed by atoms with Crippen molar-refractivity contribution in [1.29, 1.82) is 0 Å². The minimum atomic E-state index is -0.354. The lowest BCUT2D eigenvalue weighted by Gasteiger charge is -2.30. The van der Waals surface area contributed by atoms with Crippen LogP contribution in [0.15, 0.2) is 77.4 Å². The Morgan fingerprint density at radius 2 is 1.88 bits per heavy atom. The number of nitrogens with zero attached hydrogens (tertiary/aromatic N) is 3. The van der Waals surface area contributed by atoms with Crippen LogP contribution in [0.4, 0.5) is 0 Å². The summed E-state index contributed by atoms with van der Waals surface area (Å²) in [6, 6.07) is 19.5. The maximum absolute atomic E-state index is 12.8. The molecule has 1 atom stereocenters. The molecule has 0 bridgehead atoms. The minimum absolute atomic E-state index is 0.149. The van der Waals surface area contributed by atoms with Crippen molar-refractivity contribution in [2.45, 2.75) is 12.8 Å². The van der Waals surface area contributed by atoms with Crippen LogP contribution in [0.25, 0.3) is 34.2 Å². The second kappa shape index (κ2) is 8.78. The lowest BCUT2D eigenvalue weighted by atomic mass is 9.97. The number of carbonyl (C=O) groups is 2. The Morgan fingerprint density at radius 3 is 2.67 bits per heavy atom. The number of carbonyl (C=O) groups excluding carboxylic acids is 2. The number of furan rings is 1. The number of rotatable bonds is 5. The van der Waals surface area contributed by atoms with Crippen molar-refractivity contribution in [2.75, 3.05) is 13.1 Å². The van der Waals surface area contributed by atoms with E-state index in [4.69, 9.17) is 15.2 Å². The molecule has 3 heterocycles. The van der Waals surface area contributed by atoms with Crippen LogP contribution in [0.2, 0.25) is 0 Å². The zero-order valence-corrected chi connectivity index (χ0v) is 18.1. The molecule has 166 valence electrons. The first-order valence-corrected chi connectivity index (χ1v) is 11.0. The van der Waals surface area contributed by atoms with Crippen molar-refractivity contribution in [3.8, 4) is 17.1 Å². The van der Waals surface area contributed by atoms with E-state index in [1.807, 2.05) is 66.9 Å². The van der Waals surface area contributed by atoms with Gasteiger partial charge in [-0.3, -0.25) is 9.59 Å². The highest BCUT2D eigenvalue weighted by molar-refractivity contribution is 5.93. The predicted molar refractivity (Wildman–Crippen MR) is 126 cm³/mol. The zero-order valence-electron chi connectivity index (χ0n) is 18.1. The maximum Gasteiger partial charge on any atom is 0.246 e. The largest absolute Gasteiger partial charge is 0.454 e. The van der Waals surface area contributed by atoms with Gasteiger partial charge in [-0.1, -0.05) is 36.4 Å². The lowest BCUT2D eigenvalue weighted by molar-refractivity contribution is -0.130. The van der Waals surface area contributed by atoms with Gasteiger partial charge in [0.2, 0.25) is 11.8 Å². The van der Waals surface area contributed by atoms with E-state index < -0.39 is 0 Å². The first kappa shape index (κ1) is 20.8. The molecule has 33 heavy (non-hydrogen) atoms. The van der Waals surface area contributed by atoms with Gasteiger partial charge in [-0.15, -0.1) is 0 Å². The van der Waals surface area contributed by atoms with Crippen LogP contribution in [0.3, 0.4) is 0 Å². The molecule has 1 unspecified atom stereocenters. The van der Waals surface area contributed by atoms with Crippen molar-refractivity contribution in [2.24, 2.45) is 11.7 Å². The Kier molecular flexibility index (Phi) is 5.52. The monoisotopic (exact) mass is 440 g/mol. The summed E-state index contributed by atoms with van der Waals surface area (Å²) in [6.45, 7) is 0.977. The number of piperidine rings is 1. The van der Waals surface area contributed by atoms with Gasteiger partial charge in [-0.05, 0) is 43.2 Å². The zero-order chi connectivity index (χ0) is 22.8. The molecule has 7 heteroatoms. The molecule has 1 aliphatic heterocycles. The smallest absolute Gasteiger partial charge is 0.246 e. The molecule has 7 nitrogen and oxygen atoms in total. The van der Waals surface area contributed by atoms with E-state index in [2.05, 4.69) is 0 Å². The fourth-order valence-electron chi connectivity index (χ4n) is 4.19. The normalized spacial score (nSPS) is 16.5. The summed E-state index contributed by atoms with van der Waals surface area (Å²) >= 11 is 0. The first-order valence-electron chi connectivity index (χ1n) is 11.0. The minimum Gasteiger partial charge on any atom is -0.454 e. The van der Waals surface area contributed by atoms with Gasteiger partial charge in [0.25, 0.3) is 0 Å². The molecule has 2 N–H and O–H groups in total. The van der Waals surface area contributed by atoms with Gasteiger partial charge in [-0.2, -0.15) is 5.10 Å². The number of likely N-dealkylation sites (tertiary alicyclic amines) is 1. The fourth-order valence-corrected chi connectivity index (χ4v) is 4.19. The fraction of sp³-hybridized carbons (Fsp3) is 0.192. The summed E-state index contributed by atoms with van der Waals surface area (Å²) in [4.78, 5) is 26.1. The summed E-state index contributed by atoms with van der Waals surface area (Å²) in [5.41, 5.74) is 8.54. The number of para-hydroxylation sites is 2. The van der Waals surface area contributed by atoms with Crippen LogP contribution < -0.4 is 5.73 Å². The first-order chi connectivity index (χ1) is 16.1. The number of benzene rings is 2. The average Bonchev–Trinajstić information content (AvgIpc) is 3.47. The van der Waals surface area contributed by atoms with E-state index >= 15 is 0 Å². The Labute approximate surface area is 191 Å². The summed E-state index contributed by atoms with van der Waals surface area (Å²) < 4.78 is 7.83. The molecule has 0 aliphatic carbocycles. The number of hydrogen-bond acceptors (Lipinski definition) is 4. The van der Waals surface area contributed by atoms with E-state index in [0.29, 0.717) is 24.5 Å². The highest BCUT2D eigenvalue weighted by Crippen LogP contribution is 2.30. The van der Waals surface area contributed by atoms with E-state index in [9.17, 15) is 9.59 Å². The topological polar surface area (TPSA) is 94.4 Å². The van der Waals surface area contributed by atoms with Gasteiger partial charge >= 0.3 is 0 Å². The molecule has 1 saturated heterocycles. The Hall–Kier alpha value is -4.13. The van der Waals surface area contributed by atoms with E-state index in [-0.39, 0.29) is 17.7 Å². The molecule has 0 saturated carbocycles. The van der Waals surface area contributed by atoms with Crippen molar-refractivity contribution in [3.63, 3.8) is 0 Å². The molecular weight excluding hydrogens is 416 g/mol. The Bertz CT molecular complexity index is 1300. The summed E-state index contributed by atoms with van der Waals surface area (Å²) in [5, 5.41) is 5.74. The molecule has 0 spiro atoms. The highest BCUT2D eigenvalue weighted by Gasteiger charge is 2.26. The van der Waals surface area contributed by atoms with Crippen molar-refractivity contribution in [3.05, 3.63) is 78.5 Å². The third-order valence-corrected chi connectivity index (χ3v) is 5.96. The van der Waals surface area contributed by atoms with Crippen molar-refractivity contribution < 1.29 is 14.0 Å². The summed E-state index contributed by atoms with van der Waals surface area (Å²) in [6.07, 6.45) is 6.66. The molecule has 1 fully saturated rings. The molecule has 4 aromatic rings. The van der Waals surface area contributed by atoms with Gasteiger partial charge in [0, 0.05) is 36.3 Å². The predicted octanol–water partition coefficient (Wildman–Crippen LogP) is 4.02. The average molecular weight is 441 g/mol. The Morgan fingerprint density at radius 1 is 1.09 bits per heavy atom. The highest BCUT2D eigenvalue weighted by atomic mass is 16.3. The van der Waals surface area contributed by atoms with E-state index in [1.54, 1.807) is 15.7 Å². The molecule has 1 aliphatic rings. The number of hydrogen-bond donors (Lipinski definition) is 1. The molecule has 2 aromatic heterocycles. The van der Waals surface area contributed by atoms with Crippen LogP contribution in [0.1, 0.15) is 18.4 Å². The molecule has 2 amide bonds. The second-order valence-electron chi connectivity index (χ2n) is 8.22. The number of nitrogens with two attached hydrogens (primary N) is 1. The van der Waals surface area contributed by atoms with Crippen LogP contribution in [-0.2, 0) is 9.59 Å². The molecule has 2 aromatic carbocycles. The maximum atomic E-state index is 12.8. The Balaban J connectivity index is 1.48. The number of aromatic nitrogens is 2. The summed E-state index contributed by atoms with van der Waals surface area (Å²) in [7, 11) is 0. The SMILES string of the molecule is NC(=O)C1CCCN(C(=O)C=Cc2cn(-c3ccccc3)nc2-c2cc3ccccc3o2)C1. The number of fused-ring (bicyclic) bond motifs is 1. The van der Waals surface area contributed by atoms with Crippen LogP contribution in [0, 0.1) is 5.92 Å². The standard InChI is InChI=1S/C26H24N4O3/c27-26(32)20-8-6-14-29(16-20)24(31)13-12-19-17-30(21-9-2-1-3-10-21)28-25(19)23-15-18-7-4-5-11-22(18)33-23/h1-5,7,9-13,15,17,20H,6,8,14,16H2,(H2,27,32). The van der Waals surface area contributed by atoms with E-state index in [0.717, 1.165) is 35.1 Å². The third-order valence-electron chi connectivity index (χ3n) is 5.96. The summed E-state index contributed by atoms with van der Waals surface area (Å²) in [5.74, 6) is -0.162. The number of primary amides is 1. The molecule has 0 radical (unpaired) electrons. The molecule has 5 rings (SSSR count). The third kappa shape index (κ3) is 4.30. The van der Waals surface area contributed by atoms with Gasteiger partial charge < -0.3 is 15.1 Å². The quantitative estimate of drug-likeness (QED) is 0.474. The van der Waals surface area contributed by atoms with Crippen molar-refractivity contribution >= 4 is 28.9 Å². The second-order valence-corrected chi connectivity index (χ2v) is 8.22. The van der Waals surface area contributed by atoms with Crippen molar-refractivity contribution in [1.82, 2.24) is 14.7 Å². The van der Waals surface area contributed by atoms with Gasteiger partial charge in [0.15, 0.2) is 5.76 Å². The van der Waals surface area contributed by atoms with Gasteiger partial charge in [0.1, 0.15) is 11.3 Å². The van der Waals surface area contributed by atoms with E-state index in [1.165, 1.54) is 6.08 Å². The van der Waals surface area contributed by atoms with Crippen LogP contribution in [-0.4, -0.2) is 39.6 Å². The van der Waals surface area contributed by atoms with Gasteiger partial charge in [0.05, 0.1) is 11.6 Å². The van der Waals surface area contributed by atoms with Crippen LogP contribution in [0.5, 0.6) is 0 Å². The van der Waals surface area contributed by atoms with Crippen LogP contribution >= 0.6 is 0 Å².